The minimum Gasteiger partial charge on any atom is -0.265 e. The van der Waals surface area contributed by atoms with Crippen molar-refractivity contribution < 1.29 is 0 Å². The lowest BCUT2D eigenvalue weighted by molar-refractivity contribution is 0.692. The summed E-state index contributed by atoms with van der Waals surface area (Å²) in [6, 6.07) is 37.0. The summed E-state index contributed by atoms with van der Waals surface area (Å²) in [5.74, 6) is 19.5. The van der Waals surface area contributed by atoms with Crippen LogP contribution in [0.2, 0.25) is 0 Å². The normalized spacial score (nSPS) is 10.3. The molecular weight excluding hydrogens is 534 g/mol. The van der Waals surface area contributed by atoms with Gasteiger partial charge in [-0.3, -0.25) is 15.0 Å². The number of hydrogen-bond acceptors (Lipinski definition) is 3. The van der Waals surface area contributed by atoms with E-state index in [-0.39, 0.29) is 0 Å². The van der Waals surface area contributed by atoms with Gasteiger partial charge in [-0.1, -0.05) is 71.9 Å². The van der Waals surface area contributed by atoms with Crippen molar-refractivity contribution in [2.24, 2.45) is 0 Å². The van der Waals surface area contributed by atoms with Crippen molar-refractivity contribution in [3.05, 3.63) is 196 Å². The van der Waals surface area contributed by atoms with Gasteiger partial charge < -0.3 is 0 Å². The van der Waals surface area contributed by atoms with Crippen LogP contribution in [0, 0.1) is 35.5 Å². The molecule has 0 spiro atoms. The summed E-state index contributed by atoms with van der Waals surface area (Å²) in [6.45, 7) is 2.26. The van der Waals surface area contributed by atoms with E-state index in [9.17, 15) is 0 Å². The number of benzene rings is 3. The van der Waals surface area contributed by atoms with Crippen LogP contribution >= 0.6 is 0 Å². The Kier molecular flexibility index (Phi) is 8.37. The van der Waals surface area contributed by atoms with E-state index in [1.54, 1.807) is 37.2 Å². The van der Waals surface area contributed by atoms with Crippen molar-refractivity contribution in [2.75, 3.05) is 0 Å². The predicted octanol–water partition coefficient (Wildman–Crippen LogP) is 7.43. The van der Waals surface area contributed by atoms with Crippen LogP contribution in [0.1, 0.15) is 57.0 Å². The standard InChI is InChI=1S/C41H27N3/c1-41(38-14-8-32(9-15-38)2-5-35-20-26-42-27-21-35,39-16-10-33(11-17-39)3-6-36-22-28-43-29-23-36)40-18-12-34(13-19-40)4-7-37-24-30-44-31-25-37/h8-31H,1H3. The second-order valence-corrected chi connectivity index (χ2v) is 10.3. The minimum absolute atomic E-state index is 0.425. The Labute approximate surface area is 258 Å². The van der Waals surface area contributed by atoms with E-state index in [0.29, 0.717) is 0 Å². The maximum Gasteiger partial charge on any atom is 0.0423 e. The lowest BCUT2D eigenvalue weighted by atomic mass is 9.70. The molecule has 0 saturated carbocycles. The first-order valence-electron chi connectivity index (χ1n) is 14.2. The highest BCUT2D eigenvalue weighted by Crippen LogP contribution is 2.39. The van der Waals surface area contributed by atoms with E-state index in [1.807, 2.05) is 36.4 Å². The summed E-state index contributed by atoms with van der Waals surface area (Å²) >= 11 is 0. The molecule has 0 aliphatic rings. The van der Waals surface area contributed by atoms with E-state index >= 15 is 0 Å². The molecule has 3 aromatic carbocycles. The Bertz CT molecular complexity index is 1790. The number of hydrogen-bond donors (Lipinski definition) is 0. The van der Waals surface area contributed by atoms with Gasteiger partial charge in [0.2, 0.25) is 0 Å². The number of pyridine rings is 3. The van der Waals surface area contributed by atoms with Gasteiger partial charge in [-0.05, 0) is 96.4 Å². The molecule has 0 amide bonds. The van der Waals surface area contributed by atoms with Crippen LogP contribution in [0.3, 0.4) is 0 Å². The van der Waals surface area contributed by atoms with Crippen LogP contribution in [0.25, 0.3) is 0 Å². The summed E-state index contributed by atoms with van der Waals surface area (Å²) in [4.78, 5) is 12.2. The Morgan fingerprint density at radius 3 is 0.750 bits per heavy atom. The topological polar surface area (TPSA) is 38.7 Å². The van der Waals surface area contributed by atoms with Crippen LogP contribution < -0.4 is 0 Å². The third-order valence-electron chi connectivity index (χ3n) is 7.48. The van der Waals surface area contributed by atoms with Gasteiger partial charge in [-0.25, -0.2) is 0 Å². The van der Waals surface area contributed by atoms with E-state index in [4.69, 9.17) is 0 Å². The molecule has 3 nitrogen and oxygen atoms in total. The van der Waals surface area contributed by atoms with Crippen molar-refractivity contribution in [1.29, 1.82) is 0 Å². The van der Waals surface area contributed by atoms with Crippen molar-refractivity contribution >= 4 is 0 Å². The van der Waals surface area contributed by atoms with Crippen molar-refractivity contribution in [3.63, 3.8) is 0 Å². The van der Waals surface area contributed by atoms with Crippen molar-refractivity contribution in [2.45, 2.75) is 12.3 Å². The summed E-state index contributed by atoms with van der Waals surface area (Å²) < 4.78 is 0. The number of aromatic nitrogens is 3. The molecule has 0 N–H and O–H groups in total. The molecule has 0 fully saturated rings. The van der Waals surface area contributed by atoms with Gasteiger partial charge in [-0.2, -0.15) is 0 Å². The maximum absolute atomic E-state index is 4.07. The second-order valence-electron chi connectivity index (χ2n) is 10.3. The van der Waals surface area contributed by atoms with Crippen LogP contribution in [-0.2, 0) is 5.41 Å². The molecule has 3 heteroatoms. The average Bonchev–Trinajstić information content (AvgIpc) is 3.10. The molecule has 0 unspecified atom stereocenters. The summed E-state index contributed by atoms with van der Waals surface area (Å²) in [5.41, 5.74) is 8.75. The minimum atomic E-state index is -0.425. The summed E-state index contributed by atoms with van der Waals surface area (Å²) in [5, 5.41) is 0. The first-order valence-corrected chi connectivity index (χ1v) is 14.2. The van der Waals surface area contributed by atoms with Gasteiger partial charge in [0.05, 0.1) is 0 Å². The third-order valence-corrected chi connectivity index (χ3v) is 7.48. The number of nitrogens with zero attached hydrogens (tertiary/aromatic N) is 3. The zero-order valence-corrected chi connectivity index (χ0v) is 24.2. The fourth-order valence-corrected chi connectivity index (χ4v) is 4.90. The molecule has 206 valence electrons. The Morgan fingerprint density at radius 1 is 0.318 bits per heavy atom. The first-order chi connectivity index (χ1) is 21.7. The highest BCUT2D eigenvalue weighted by Gasteiger charge is 2.31. The highest BCUT2D eigenvalue weighted by molar-refractivity contribution is 5.55. The van der Waals surface area contributed by atoms with Crippen molar-refractivity contribution in [3.8, 4) is 35.5 Å². The quantitative estimate of drug-likeness (QED) is 0.167. The number of rotatable bonds is 3. The molecule has 3 heterocycles. The molecule has 0 aliphatic carbocycles. The molecule has 3 aromatic heterocycles. The van der Waals surface area contributed by atoms with Crippen molar-refractivity contribution in [1.82, 2.24) is 15.0 Å². The Hall–Kier alpha value is -6.21. The fourth-order valence-electron chi connectivity index (χ4n) is 4.90. The van der Waals surface area contributed by atoms with Gasteiger partial charge in [0, 0.05) is 76.0 Å². The molecule has 0 bridgehead atoms. The molecular formula is C41H27N3. The molecule has 44 heavy (non-hydrogen) atoms. The largest absolute Gasteiger partial charge is 0.265 e. The fraction of sp³-hybridized carbons (Fsp3) is 0.0488. The van der Waals surface area contributed by atoms with E-state index in [2.05, 4.69) is 130 Å². The Balaban J connectivity index is 1.34. The highest BCUT2D eigenvalue weighted by atomic mass is 14.6. The molecule has 0 atom stereocenters. The van der Waals surface area contributed by atoms with Gasteiger partial charge in [0.25, 0.3) is 0 Å². The van der Waals surface area contributed by atoms with Gasteiger partial charge >= 0.3 is 0 Å². The molecule has 0 saturated heterocycles. The first kappa shape index (κ1) is 27.9. The summed E-state index contributed by atoms with van der Waals surface area (Å²) in [7, 11) is 0. The molecule has 0 radical (unpaired) electrons. The van der Waals surface area contributed by atoms with E-state index in [1.165, 1.54) is 16.7 Å². The van der Waals surface area contributed by atoms with E-state index in [0.717, 1.165) is 33.4 Å². The SMILES string of the molecule is CC(c1ccc(C#Cc2ccncc2)cc1)(c1ccc(C#Cc2ccncc2)cc1)c1ccc(C#Cc2ccncc2)cc1. The third kappa shape index (κ3) is 6.64. The smallest absolute Gasteiger partial charge is 0.0423 e. The zero-order valence-electron chi connectivity index (χ0n) is 24.2. The lowest BCUT2D eigenvalue weighted by Gasteiger charge is -2.32. The second kappa shape index (κ2) is 13.2. The molecule has 0 aliphatic heterocycles. The van der Waals surface area contributed by atoms with Crippen LogP contribution in [0.15, 0.2) is 146 Å². The molecule has 6 rings (SSSR count). The molecule has 6 aromatic rings. The summed E-state index contributed by atoms with van der Waals surface area (Å²) in [6.07, 6.45) is 10.5. The Morgan fingerprint density at radius 2 is 0.523 bits per heavy atom. The average molecular weight is 562 g/mol. The van der Waals surface area contributed by atoms with Gasteiger partial charge in [0.1, 0.15) is 0 Å². The predicted molar refractivity (Wildman–Crippen MR) is 176 cm³/mol. The monoisotopic (exact) mass is 561 g/mol. The van der Waals surface area contributed by atoms with Gasteiger partial charge in [-0.15, -0.1) is 0 Å². The lowest BCUT2D eigenvalue weighted by Crippen LogP contribution is -2.25. The van der Waals surface area contributed by atoms with Crippen LogP contribution in [0.5, 0.6) is 0 Å². The van der Waals surface area contributed by atoms with E-state index < -0.39 is 5.41 Å². The van der Waals surface area contributed by atoms with Crippen LogP contribution in [0.4, 0.5) is 0 Å². The zero-order chi connectivity index (χ0) is 30.0. The van der Waals surface area contributed by atoms with Crippen LogP contribution in [-0.4, -0.2) is 15.0 Å². The van der Waals surface area contributed by atoms with Gasteiger partial charge in [0.15, 0.2) is 0 Å². The maximum atomic E-state index is 4.07.